The first-order chi connectivity index (χ1) is 7.66. The number of ether oxygens (including phenoxy) is 1. The van der Waals surface area contributed by atoms with Gasteiger partial charge in [-0.1, -0.05) is 6.42 Å². The van der Waals surface area contributed by atoms with Crippen molar-refractivity contribution >= 4 is 0 Å². The van der Waals surface area contributed by atoms with Crippen LogP contribution in [-0.4, -0.2) is 11.7 Å². The summed E-state index contributed by atoms with van der Waals surface area (Å²) in [7, 11) is 0. The van der Waals surface area contributed by atoms with Crippen molar-refractivity contribution in [2.45, 2.75) is 32.3 Å². The molecule has 88 valence electrons. The summed E-state index contributed by atoms with van der Waals surface area (Å²) in [6.07, 6.45) is 3.02. The maximum absolute atomic E-state index is 13.1. The monoisotopic (exact) mass is 224 g/mol. The molecule has 1 aliphatic carbocycles. The third kappa shape index (κ3) is 2.53. The molecule has 1 aliphatic rings. The van der Waals surface area contributed by atoms with Crippen LogP contribution in [0.3, 0.4) is 0 Å². The fourth-order valence-corrected chi connectivity index (χ4v) is 1.85. The summed E-state index contributed by atoms with van der Waals surface area (Å²) in [5.74, 6) is 0.750. The lowest BCUT2D eigenvalue weighted by molar-refractivity contribution is 0.163. The Bertz CT molecular complexity index is 359. The van der Waals surface area contributed by atoms with Gasteiger partial charge in [-0.25, -0.2) is 4.39 Å². The Labute approximate surface area is 95.1 Å². The zero-order chi connectivity index (χ0) is 11.5. The van der Waals surface area contributed by atoms with Crippen LogP contribution in [0.5, 0.6) is 5.75 Å². The summed E-state index contributed by atoms with van der Waals surface area (Å²) < 4.78 is 18.7. The summed E-state index contributed by atoms with van der Waals surface area (Å²) in [5, 5.41) is 9.53. The Hall–Kier alpha value is -1.09. The van der Waals surface area contributed by atoms with Crippen LogP contribution >= 0.6 is 0 Å². The van der Waals surface area contributed by atoms with Gasteiger partial charge in [0.25, 0.3) is 0 Å². The molecular weight excluding hydrogens is 207 g/mol. The molecule has 2 nitrogen and oxygen atoms in total. The fraction of sp³-hybridized carbons (Fsp3) is 0.538. The van der Waals surface area contributed by atoms with E-state index in [1.807, 2.05) is 0 Å². The van der Waals surface area contributed by atoms with Gasteiger partial charge in [0.2, 0.25) is 0 Å². The Morgan fingerprint density at radius 3 is 2.81 bits per heavy atom. The molecule has 1 aromatic carbocycles. The zero-order valence-corrected chi connectivity index (χ0v) is 9.45. The highest BCUT2D eigenvalue weighted by atomic mass is 19.1. The molecule has 0 amide bonds. The van der Waals surface area contributed by atoms with E-state index >= 15 is 0 Å². The second kappa shape index (κ2) is 4.83. The van der Waals surface area contributed by atoms with E-state index in [-0.39, 0.29) is 5.82 Å². The first-order valence-electron chi connectivity index (χ1n) is 5.77. The van der Waals surface area contributed by atoms with Gasteiger partial charge < -0.3 is 9.84 Å². The summed E-state index contributed by atoms with van der Waals surface area (Å²) in [6.45, 7) is 2.28. The van der Waals surface area contributed by atoms with Crippen LogP contribution in [0.1, 0.15) is 37.9 Å². The molecule has 0 heterocycles. The van der Waals surface area contributed by atoms with Gasteiger partial charge in [-0.15, -0.1) is 0 Å². The number of aliphatic hydroxyl groups is 1. The van der Waals surface area contributed by atoms with Gasteiger partial charge in [0, 0.05) is 11.6 Å². The van der Waals surface area contributed by atoms with E-state index in [0.29, 0.717) is 23.8 Å². The van der Waals surface area contributed by atoms with Crippen molar-refractivity contribution in [3.8, 4) is 5.75 Å². The van der Waals surface area contributed by atoms with Crippen LogP contribution in [0, 0.1) is 11.7 Å². The molecular formula is C13H17FO2. The van der Waals surface area contributed by atoms with E-state index in [1.165, 1.54) is 31.4 Å². The highest BCUT2D eigenvalue weighted by molar-refractivity contribution is 5.35. The number of hydrogen-bond acceptors (Lipinski definition) is 2. The van der Waals surface area contributed by atoms with Crippen LogP contribution in [0.15, 0.2) is 18.2 Å². The third-order valence-corrected chi connectivity index (χ3v) is 3.12. The average molecular weight is 224 g/mol. The van der Waals surface area contributed by atoms with Crippen LogP contribution in [0.4, 0.5) is 4.39 Å². The topological polar surface area (TPSA) is 29.5 Å². The summed E-state index contributed by atoms with van der Waals surface area (Å²) in [6, 6.07) is 4.27. The van der Waals surface area contributed by atoms with E-state index in [2.05, 4.69) is 0 Å². The molecule has 0 aliphatic heterocycles. The van der Waals surface area contributed by atoms with Crippen molar-refractivity contribution in [3.63, 3.8) is 0 Å². The van der Waals surface area contributed by atoms with Gasteiger partial charge in [-0.2, -0.15) is 0 Å². The second-order valence-electron chi connectivity index (χ2n) is 4.47. The first-order valence-corrected chi connectivity index (χ1v) is 5.77. The number of benzene rings is 1. The molecule has 16 heavy (non-hydrogen) atoms. The molecule has 1 saturated carbocycles. The van der Waals surface area contributed by atoms with E-state index in [0.717, 1.165) is 0 Å². The highest BCUT2D eigenvalue weighted by Crippen LogP contribution is 2.30. The smallest absolute Gasteiger partial charge is 0.128 e. The first kappa shape index (κ1) is 11.4. The van der Waals surface area contributed by atoms with Crippen molar-refractivity contribution in [1.29, 1.82) is 0 Å². The standard InChI is InChI=1S/C13H17FO2/c1-9(15)12-6-5-11(14)7-13(12)16-8-10-3-2-4-10/h5-7,9-10,15H,2-4,8H2,1H3/t9-/m0/s1. The minimum atomic E-state index is -0.628. The van der Waals surface area contributed by atoms with Crippen molar-refractivity contribution in [3.05, 3.63) is 29.6 Å². The molecule has 1 N–H and O–H groups in total. The third-order valence-electron chi connectivity index (χ3n) is 3.12. The van der Waals surface area contributed by atoms with Gasteiger partial charge in [0.05, 0.1) is 12.7 Å². The lowest BCUT2D eigenvalue weighted by Gasteiger charge is -2.26. The SMILES string of the molecule is C[C@H](O)c1ccc(F)cc1OCC1CCC1. The van der Waals surface area contributed by atoms with Gasteiger partial charge in [-0.3, -0.25) is 0 Å². The van der Waals surface area contributed by atoms with Crippen LogP contribution in [-0.2, 0) is 0 Å². The maximum atomic E-state index is 13.1. The predicted octanol–water partition coefficient (Wildman–Crippen LogP) is 3.06. The lowest BCUT2D eigenvalue weighted by Crippen LogP contribution is -2.19. The average Bonchev–Trinajstić information content (AvgIpc) is 2.14. The van der Waals surface area contributed by atoms with Gasteiger partial charge in [-0.05, 0) is 37.8 Å². The molecule has 1 aromatic rings. The van der Waals surface area contributed by atoms with Crippen molar-refractivity contribution in [2.24, 2.45) is 5.92 Å². The molecule has 3 heteroatoms. The van der Waals surface area contributed by atoms with Crippen LogP contribution in [0.25, 0.3) is 0 Å². The predicted molar refractivity (Wildman–Crippen MR) is 59.9 cm³/mol. The Morgan fingerprint density at radius 1 is 1.50 bits per heavy atom. The number of rotatable bonds is 4. The van der Waals surface area contributed by atoms with Crippen LogP contribution < -0.4 is 4.74 Å². The van der Waals surface area contributed by atoms with E-state index in [1.54, 1.807) is 13.0 Å². The Kier molecular flexibility index (Phi) is 3.44. The molecule has 1 fully saturated rings. The fourth-order valence-electron chi connectivity index (χ4n) is 1.85. The Balaban J connectivity index is 2.06. The molecule has 0 radical (unpaired) electrons. The van der Waals surface area contributed by atoms with Crippen molar-refractivity contribution in [1.82, 2.24) is 0 Å². The minimum absolute atomic E-state index is 0.326. The molecule has 2 rings (SSSR count). The summed E-state index contributed by atoms with van der Waals surface area (Å²) in [4.78, 5) is 0. The van der Waals surface area contributed by atoms with Crippen molar-refractivity contribution < 1.29 is 14.2 Å². The second-order valence-corrected chi connectivity index (χ2v) is 4.47. The van der Waals surface area contributed by atoms with E-state index in [9.17, 15) is 9.50 Å². The van der Waals surface area contributed by atoms with Gasteiger partial charge in [0.1, 0.15) is 11.6 Å². The van der Waals surface area contributed by atoms with Crippen molar-refractivity contribution in [2.75, 3.05) is 6.61 Å². The lowest BCUT2D eigenvalue weighted by atomic mass is 9.86. The highest BCUT2D eigenvalue weighted by Gasteiger charge is 2.19. The maximum Gasteiger partial charge on any atom is 0.128 e. The molecule has 0 aromatic heterocycles. The Morgan fingerprint density at radius 2 is 2.25 bits per heavy atom. The van der Waals surface area contributed by atoms with Gasteiger partial charge >= 0.3 is 0 Å². The minimum Gasteiger partial charge on any atom is -0.493 e. The zero-order valence-electron chi connectivity index (χ0n) is 9.45. The van der Waals surface area contributed by atoms with Crippen LogP contribution in [0.2, 0.25) is 0 Å². The molecule has 1 atom stereocenters. The largest absolute Gasteiger partial charge is 0.493 e. The number of hydrogen-bond donors (Lipinski definition) is 1. The molecule has 0 unspecified atom stereocenters. The number of halogens is 1. The van der Waals surface area contributed by atoms with E-state index in [4.69, 9.17) is 4.74 Å². The van der Waals surface area contributed by atoms with E-state index < -0.39 is 6.10 Å². The molecule has 0 saturated heterocycles. The molecule has 0 spiro atoms. The number of aliphatic hydroxyl groups excluding tert-OH is 1. The summed E-state index contributed by atoms with van der Waals surface area (Å²) in [5.41, 5.74) is 0.653. The quantitative estimate of drug-likeness (QED) is 0.851. The molecule has 0 bridgehead atoms. The normalized spacial score (nSPS) is 17.9. The summed E-state index contributed by atoms with van der Waals surface area (Å²) >= 11 is 0. The van der Waals surface area contributed by atoms with Gasteiger partial charge in [0.15, 0.2) is 0 Å².